The van der Waals surface area contributed by atoms with E-state index in [2.05, 4.69) is 22.1 Å². The zero-order chi connectivity index (χ0) is 30.7. The van der Waals surface area contributed by atoms with Gasteiger partial charge in [0.1, 0.15) is 11.5 Å². The van der Waals surface area contributed by atoms with Gasteiger partial charge in [-0.3, -0.25) is 4.99 Å². The lowest BCUT2D eigenvalue weighted by Gasteiger charge is -2.08. The number of carbonyl (C=O) groups is 1. The van der Waals surface area contributed by atoms with E-state index in [1.54, 1.807) is 30.5 Å². The zero-order valence-corrected chi connectivity index (χ0v) is 25.7. The zero-order valence-electron chi connectivity index (χ0n) is 25.7. The quantitative estimate of drug-likeness (QED) is 0.0381. The molecule has 0 N–H and O–H groups in total. The number of rotatable bonds is 18. The van der Waals surface area contributed by atoms with Gasteiger partial charge in [0, 0.05) is 6.21 Å². The van der Waals surface area contributed by atoms with Gasteiger partial charge in [0.25, 0.3) is 0 Å². The molecule has 0 unspecified atom stereocenters. The summed E-state index contributed by atoms with van der Waals surface area (Å²) in [4.78, 5) is 17.3. The summed E-state index contributed by atoms with van der Waals surface area (Å²) in [5.41, 5.74) is 3.62. The second-order valence-corrected chi connectivity index (χ2v) is 10.8. The van der Waals surface area contributed by atoms with Gasteiger partial charge in [-0.05, 0) is 84.8 Å². The highest BCUT2D eigenvalue weighted by Gasteiger charge is 2.09. The van der Waals surface area contributed by atoms with Gasteiger partial charge in [0.05, 0.1) is 29.2 Å². The Morgan fingerprint density at radius 3 is 1.91 bits per heavy atom. The Balaban J connectivity index is 1.17. The fraction of sp³-hybridized carbons (Fsp3) is 0.316. The molecule has 0 fully saturated rings. The molecule has 0 aliphatic carbocycles. The normalized spacial score (nSPS) is 11.3. The number of esters is 1. The van der Waals surface area contributed by atoms with Gasteiger partial charge in [-0.2, -0.15) is 10.2 Å². The van der Waals surface area contributed by atoms with E-state index in [4.69, 9.17) is 9.47 Å². The van der Waals surface area contributed by atoms with Crippen molar-refractivity contribution < 1.29 is 14.3 Å². The summed E-state index contributed by atoms with van der Waals surface area (Å²) in [5.74, 6) is 0.806. The van der Waals surface area contributed by atoms with E-state index in [0.717, 1.165) is 34.8 Å². The minimum atomic E-state index is -0.416. The Morgan fingerprint density at radius 2 is 1.23 bits per heavy atom. The topological polar surface area (TPSA) is 72.6 Å². The Morgan fingerprint density at radius 1 is 0.614 bits per heavy atom. The lowest BCUT2D eigenvalue weighted by Crippen LogP contribution is -2.08. The van der Waals surface area contributed by atoms with Crippen LogP contribution in [0, 0.1) is 0 Å². The molecule has 0 spiro atoms. The maximum absolute atomic E-state index is 12.7. The van der Waals surface area contributed by atoms with Crippen molar-refractivity contribution in [3.63, 3.8) is 0 Å². The number of benzene rings is 4. The van der Waals surface area contributed by atoms with E-state index in [-0.39, 0.29) is 0 Å². The second kappa shape index (κ2) is 18.9. The van der Waals surface area contributed by atoms with E-state index in [0.29, 0.717) is 17.9 Å². The Hall–Kier alpha value is -4.58. The van der Waals surface area contributed by atoms with Crippen molar-refractivity contribution in [2.24, 2.45) is 15.2 Å². The maximum atomic E-state index is 12.7. The van der Waals surface area contributed by atoms with Gasteiger partial charge in [-0.15, -0.1) is 0 Å². The van der Waals surface area contributed by atoms with Crippen molar-refractivity contribution in [1.82, 2.24) is 0 Å². The smallest absolute Gasteiger partial charge is 0.343 e. The van der Waals surface area contributed by atoms with E-state index in [9.17, 15) is 4.79 Å². The molecule has 4 rings (SSSR count). The molecule has 0 heterocycles. The third kappa shape index (κ3) is 12.0. The first-order chi connectivity index (χ1) is 21.7. The summed E-state index contributed by atoms with van der Waals surface area (Å²) >= 11 is 0. The molecule has 0 atom stereocenters. The summed E-state index contributed by atoms with van der Waals surface area (Å²) in [6.07, 6.45) is 14.7. The lowest BCUT2D eigenvalue weighted by atomic mass is 10.1. The van der Waals surface area contributed by atoms with Crippen LogP contribution in [0.1, 0.15) is 87.1 Å². The second-order valence-electron chi connectivity index (χ2n) is 10.8. The minimum absolute atomic E-state index is 0.416. The highest BCUT2D eigenvalue weighted by atomic mass is 16.5. The molecule has 0 saturated heterocycles. The van der Waals surface area contributed by atoms with Crippen LogP contribution in [0.25, 0.3) is 0 Å². The number of aliphatic imine (C=N–C) groups is 1. The van der Waals surface area contributed by atoms with Gasteiger partial charge in [-0.25, -0.2) is 4.79 Å². The summed E-state index contributed by atoms with van der Waals surface area (Å²) in [7, 11) is 0. The Kier molecular flexibility index (Phi) is 13.9. The van der Waals surface area contributed by atoms with Gasteiger partial charge in [-0.1, -0.05) is 95.0 Å². The molecule has 4 aromatic carbocycles. The van der Waals surface area contributed by atoms with E-state index in [1.807, 2.05) is 78.9 Å². The highest BCUT2D eigenvalue weighted by Crippen LogP contribution is 2.22. The van der Waals surface area contributed by atoms with Crippen LogP contribution in [-0.4, -0.2) is 18.8 Å². The summed E-state index contributed by atoms with van der Waals surface area (Å²) in [6.45, 7) is 2.95. The van der Waals surface area contributed by atoms with Crippen LogP contribution in [0.15, 0.2) is 118 Å². The number of carbonyl (C=O) groups excluding carboxylic acids is 1. The van der Waals surface area contributed by atoms with E-state index < -0.39 is 5.97 Å². The van der Waals surface area contributed by atoms with Gasteiger partial charge < -0.3 is 9.47 Å². The van der Waals surface area contributed by atoms with Crippen LogP contribution in [0.4, 0.5) is 17.1 Å². The van der Waals surface area contributed by atoms with Gasteiger partial charge >= 0.3 is 5.97 Å². The van der Waals surface area contributed by atoms with Crippen molar-refractivity contribution in [1.29, 1.82) is 0 Å². The molecule has 0 aliphatic heterocycles. The monoisotopic (exact) mass is 589 g/mol. The van der Waals surface area contributed by atoms with Crippen molar-refractivity contribution in [3.05, 3.63) is 114 Å². The predicted molar refractivity (Wildman–Crippen MR) is 179 cm³/mol. The average molecular weight is 590 g/mol. The fourth-order valence-electron chi connectivity index (χ4n) is 4.66. The maximum Gasteiger partial charge on any atom is 0.343 e. The number of nitrogens with zero attached hydrogens (tertiary/aromatic N) is 3. The average Bonchev–Trinajstić information content (AvgIpc) is 3.06. The molecular formula is C38H43N3O3. The number of hydrogen-bond donors (Lipinski definition) is 0. The van der Waals surface area contributed by atoms with Crippen LogP contribution in [0.2, 0.25) is 0 Å². The molecule has 0 bridgehead atoms. The van der Waals surface area contributed by atoms with Crippen LogP contribution in [0.3, 0.4) is 0 Å². The molecule has 0 amide bonds. The van der Waals surface area contributed by atoms with Crippen LogP contribution >= 0.6 is 0 Å². The molecular weight excluding hydrogens is 546 g/mol. The van der Waals surface area contributed by atoms with E-state index in [1.165, 1.54) is 57.8 Å². The molecule has 6 heteroatoms. The van der Waals surface area contributed by atoms with Crippen molar-refractivity contribution in [2.45, 2.75) is 71.1 Å². The third-order valence-corrected chi connectivity index (χ3v) is 7.17. The SMILES string of the molecule is CCCCCCCCCCCCOc1ccc(C(=O)Oc2cccc(C=Nc3ccc(N=Nc4ccccc4)cc3)c2)cc1. The minimum Gasteiger partial charge on any atom is -0.494 e. The first-order valence-corrected chi connectivity index (χ1v) is 15.9. The van der Waals surface area contributed by atoms with Crippen LogP contribution in [0.5, 0.6) is 11.5 Å². The molecule has 0 aromatic heterocycles. The Labute approximate surface area is 261 Å². The van der Waals surface area contributed by atoms with Crippen LogP contribution < -0.4 is 9.47 Å². The highest BCUT2D eigenvalue weighted by molar-refractivity contribution is 5.91. The molecule has 4 aromatic rings. The molecule has 6 nitrogen and oxygen atoms in total. The van der Waals surface area contributed by atoms with Crippen LogP contribution in [-0.2, 0) is 0 Å². The first kappa shape index (κ1) is 32.3. The fourth-order valence-corrected chi connectivity index (χ4v) is 4.66. The largest absolute Gasteiger partial charge is 0.494 e. The number of azo groups is 1. The molecule has 228 valence electrons. The summed E-state index contributed by atoms with van der Waals surface area (Å²) in [6, 6.07) is 31.5. The number of ether oxygens (including phenoxy) is 2. The summed E-state index contributed by atoms with van der Waals surface area (Å²) in [5, 5.41) is 8.49. The molecule has 0 aliphatic rings. The standard InChI is InChI=1S/C38H43N3O3/c1-2-3-4-5-6-7-8-9-10-14-28-43-36-26-20-32(21-27-36)38(42)44-37-19-15-16-31(29-37)30-39-33-22-24-35(25-23-33)41-40-34-17-12-11-13-18-34/h11-13,15-27,29-30H,2-10,14,28H2,1H3. The third-order valence-electron chi connectivity index (χ3n) is 7.17. The van der Waals surface area contributed by atoms with E-state index >= 15 is 0 Å². The van der Waals surface area contributed by atoms with Crippen molar-refractivity contribution in [2.75, 3.05) is 6.61 Å². The van der Waals surface area contributed by atoms with Gasteiger partial charge in [0.15, 0.2) is 0 Å². The molecule has 0 saturated carbocycles. The lowest BCUT2D eigenvalue weighted by molar-refractivity contribution is 0.0734. The van der Waals surface area contributed by atoms with Gasteiger partial charge in [0.2, 0.25) is 0 Å². The Bertz CT molecular complexity index is 1450. The predicted octanol–water partition coefficient (Wildman–Crippen LogP) is 11.4. The van der Waals surface area contributed by atoms with Crippen molar-refractivity contribution >= 4 is 29.2 Å². The number of hydrogen-bond acceptors (Lipinski definition) is 6. The number of unbranched alkanes of at least 4 members (excludes halogenated alkanes) is 9. The summed E-state index contributed by atoms with van der Waals surface area (Å²) < 4.78 is 11.5. The molecule has 0 radical (unpaired) electrons. The van der Waals surface area contributed by atoms with Crippen molar-refractivity contribution in [3.8, 4) is 11.5 Å². The molecule has 44 heavy (non-hydrogen) atoms. The first-order valence-electron chi connectivity index (χ1n) is 15.9.